The van der Waals surface area contributed by atoms with Gasteiger partial charge in [0.25, 0.3) is 0 Å². The van der Waals surface area contributed by atoms with Crippen LogP contribution in [0.2, 0.25) is 0 Å². The van der Waals surface area contributed by atoms with Crippen molar-refractivity contribution in [3.05, 3.63) is 29.8 Å². The fraction of sp³-hybridized carbons (Fsp3) is 0.500. The number of carbonyl (C=O) groups excluding carboxylic acids is 1. The smallest absolute Gasteiger partial charge is 0.329 e. The molecule has 1 amide bonds. The molecular formula is C16H20N2O3. The van der Waals surface area contributed by atoms with E-state index in [1.807, 2.05) is 24.3 Å². The maximum absolute atomic E-state index is 12.6. The lowest BCUT2D eigenvalue weighted by Gasteiger charge is -2.34. The second-order valence-corrected chi connectivity index (χ2v) is 5.96. The van der Waals surface area contributed by atoms with Crippen molar-refractivity contribution >= 4 is 17.6 Å². The number of rotatable bonds is 3. The number of carboxylic acids is 1. The number of aliphatic carboxylic acids is 1. The number of hydrogen-bond donors (Lipinski definition) is 3. The van der Waals surface area contributed by atoms with Crippen LogP contribution in [0, 0.1) is 0 Å². The predicted molar refractivity (Wildman–Crippen MR) is 79.3 cm³/mol. The van der Waals surface area contributed by atoms with E-state index in [0.717, 1.165) is 30.5 Å². The Morgan fingerprint density at radius 3 is 2.62 bits per heavy atom. The van der Waals surface area contributed by atoms with Crippen molar-refractivity contribution in [3.8, 4) is 0 Å². The number of hydrogen-bond acceptors (Lipinski definition) is 3. The molecule has 1 aromatic carbocycles. The van der Waals surface area contributed by atoms with Gasteiger partial charge in [0.05, 0.1) is 5.92 Å². The zero-order chi connectivity index (χ0) is 14.9. The first-order valence-electron chi connectivity index (χ1n) is 7.51. The Labute approximate surface area is 123 Å². The van der Waals surface area contributed by atoms with Crippen molar-refractivity contribution in [2.24, 2.45) is 0 Å². The Morgan fingerprint density at radius 1 is 1.19 bits per heavy atom. The third-order valence-corrected chi connectivity index (χ3v) is 4.63. The van der Waals surface area contributed by atoms with Gasteiger partial charge in [-0.15, -0.1) is 0 Å². The summed E-state index contributed by atoms with van der Waals surface area (Å²) >= 11 is 0. The van der Waals surface area contributed by atoms with E-state index in [1.165, 1.54) is 0 Å². The number of anilines is 1. The summed E-state index contributed by atoms with van der Waals surface area (Å²) in [6.45, 7) is 0.529. The normalized spacial score (nSPS) is 23.0. The molecule has 0 spiro atoms. The minimum absolute atomic E-state index is 0.184. The summed E-state index contributed by atoms with van der Waals surface area (Å²) in [4.78, 5) is 24.2. The van der Waals surface area contributed by atoms with Crippen LogP contribution in [0.4, 0.5) is 5.69 Å². The average Bonchev–Trinajstić information content (AvgIpc) is 2.92. The van der Waals surface area contributed by atoms with E-state index in [2.05, 4.69) is 10.6 Å². The van der Waals surface area contributed by atoms with E-state index in [0.29, 0.717) is 19.4 Å². The van der Waals surface area contributed by atoms with Crippen LogP contribution in [0.5, 0.6) is 0 Å². The zero-order valence-electron chi connectivity index (χ0n) is 11.9. The van der Waals surface area contributed by atoms with Gasteiger partial charge in [-0.3, -0.25) is 4.79 Å². The predicted octanol–water partition coefficient (Wildman–Crippen LogP) is 2.10. The van der Waals surface area contributed by atoms with Crippen LogP contribution in [0.1, 0.15) is 43.6 Å². The molecule has 0 radical (unpaired) electrons. The SMILES string of the molecule is O=C(NC1(C(=O)O)CCCCC1)C1CNc2ccccc21. The third-order valence-electron chi connectivity index (χ3n) is 4.63. The lowest BCUT2D eigenvalue weighted by molar-refractivity contribution is -0.149. The summed E-state index contributed by atoms with van der Waals surface area (Å²) in [5.74, 6) is -1.40. The van der Waals surface area contributed by atoms with Crippen LogP contribution in [0.15, 0.2) is 24.3 Å². The van der Waals surface area contributed by atoms with E-state index >= 15 is 0 Å². The Hall–Kier alpha value is -2.04. The minimum Gasteiger partial charge on any atom is -0.480 e. The van der Waals surface area contributed by atoms with Crippen LogP contribution in [0.25, 0.3) is 0 Å². The van der Waals surface area contributed by atoms with Crippen LogP contribution in [-0.4, -0.2) is 29.1 Å². The molecule has 3 N–H and O–H groups in total. The second kappa shape index (κ2) is 5.39. The molecule has 3 rings (SSSR count). The highest BCUT2D eigenvalue weighted by atomic mass is 16.4. The minimum atomic E-state index is -1.08. The van der Waals surface area contributed by atoms with Gasteiger partial charge < -0.3 is 15.7 Å². The average molecular weight is 288 g/mol. The summed E-state index contributed by atoms with van der Waals surface area (Å²) in [5, 5.41) is 15.6. The van der Waals surface area contributed by atoms with Gasteiger partial charge in [-0.2, -0.15) is 0 Å². The van der Waals surface area contributed by atoms with Gasteiger partial charge in [0, 0.05) is 12.2 Å². The maximum Gasteiger partial charge on any atom is 0.329 e. The first-order valence-corrected chi connectivity index (χ1v) is 7.51. The molecule has 5 nitrogen and oxygen atoms in total. The summed E-state index contributed by atoms with van der Waals surface area (Å²) in [5.41, 5.74) is 0.837. The lowest BCUT2D eigenvalue weighted by Crippen LogP contribution is -2.56. The van der Waals surface area contributed by atoms with Crippen molar-refractivity contribution in [2.75, 3.05) is 11.9 Å². The van der Waals surface area contributed by atoms with Crippen LogP contribution >= 0.6 is 0 Å². The molecule has 1 aliphatic heterocycles. The van der Waals surface area contributed by atoms with Gasteiger partial charge in [-0.25, -0.2) is 4.79 Å². The maximum atomic E-state index is 12.6. The van der Waals surface area contributed by atoms with Gasteiger partial charge in [0.1, 0.15) is 5.54 Å². The summed E-state index contributed by atoms with van der Waals surface area (Å²) in [6, 6.07) is 7.69. The molecule has 21 heavy (non-hydrogen) atoms. The molecule has 112 valence electrons. The topological polar surface area (TPSA) is 78.4 Å². The lowest BCUT2D eigenvalue weighted by atomic mass is 9.81. The largest absolute Gasteiger partial charge is 0.480 e. The molecule has 1 heterocycles. The number of carboxylic acid groups (broad SMARTS) is 1. The fourth-order valence-corrected chi connectivity index (χ4v) is 3.39. The number of carbonyl (C=O) groups is 2. The molecule has 1 fully saturated rings. The molecule has 5 heteroatoms. The van der Waals surface area contributed by atoms with Gasteiger partial charge in [-0.1, -0.05) is 37.5 Å². The summed E-state index contributed by atoms with van der Waals surface area (Å²) in [7, 11) is 0. The number of fused-ring (bicyclic) bond motifs is 1. The highest BCUT2D eigenvalue weighted by Crippen LogP contribution is 2.33. The van der Waals surface area contributed by atoms with Crippen molar-refractivity contribution in [2.45, 2.75) is 43.6 Å². The van der Waals surface area contributed by atoms with Crippen molar-refractivity contribution in [3.63, 3.8) is 0 Å². The van der Waals surface area contributed by atoms with Gasteiger partial charge in [0.2, 0.25) is 5.91 Å². The van der Waals surface area contributed by atoms with Crippen molar-refractivity contribution in [1.82, 2.24) is 5.32 Å². The zero-order valence-corrected chi connectivity index (χ0v) is 11.9. The van der Waals surface area contributed by atoms with Crippen molar-refractivity contribution < 1.29 is 14.7 Å². The molecule has 1 saturated carbocycles. The Morgan fingerprint density at radius 2 is 1.90 bits per heavy atom. The van der Waals surface area contributed by atoms with E-state index in [4.69, 9.17) is 0 Å². The number of para-hydroxylation sites is 1. The van der Waals surface area contributed by atoms with E-state index < -0.39 is 11.5 Å². The Bertz CT molecular complexity index is 564. The molecule has 0 saturated heterocycles. The van der Waals surface area contributed by atoms with E-state index in [1.54, 1.807) is 0 Å². The van der Waals surface area contributed by atoms with Gasteiger partial charge in [0.15, 0.2) is 0 Å². The van der Waals surface area contributed by atoms with E-state index in [-0.39, 0.29) is 11.8 Å². The van der Waals surface area contributed by atoms with Crippen LogP contribution in [0.3, 0.4) is 0 Å². The first-order chi connectivity index (χ1) is 10.1. The van der Waals surface area contributed by atoms with Gasteiger partial charge >= 0.3 is 5.97 Å². The molecule has 0 aromatic heterocycles. The summed E-state index contributed by atoms with van der Waals surface area (Å²) in [6.07, 6.45) is 3.79. The van der Waals surface area contributed by atoms with Crippen molar-refractivity contribution in [1.29, 1.82) is 0 Å². The molecule has 1 aromatic rings. The quantitative estimate of drug-likeness (QED) is 0.796. The molecule has 1 aliphatic carbocycles. The standard InChI is InChI=1S/C16H20N2O3/c19-14(12-10-17-13-7-3-2-6-11(12)13)18-16(15(20)21)8-4-1-5-9-16/h2-3,6-7,12,17H,1,4-5,8-10H2,(H,18,19)(H,20,21). The van der Waals surface area contributed by atoms with Crippen LogP contribution in [-0.2, 0) is 9.59 Å². The fourth-order valence-electron chi connectivity index (χ4n) is 3.39. The Kier molecular flexibility index (Phi) is 3.57. The third kappa shape index (κ3) is 2.48. The first kappa shape index (κ1) is 13.9. The number of amides is 1. The van der Waals surface area contributed by atoms with E-state index in [9.17, 15) is 14.7 Å². The molecule has 1 atom stereocenters. The highest BCUT2D eigenvalue weighted by Gasteiger charge is 2.43. The number of nitrogens with one attached hydrogen (secondary N) is 2. The molecular weight excluding hydrogens is 268 g/mol. The van der Waals surface area contributed by atoms with Crippen LogP contribution < -0.4 is 10.6 Å². The van der Waals surface area contributed by atoms with Gasteiger partial charge in [-0.05, 0) is 24.5 Å². The number of benzene rings is 1. The molecule has 1 unspecified atom stereocenters. The Balaban J connectivity index is 1.78. The second-order valence-electron chi connectivity index (χ2n) is 5.96. The highest BCUT2D eigenvalue weighted by molar-refractivity contribution is 5.93. The summed E-state index contributed by atoms with van der Waals surface area (Å²) < 4.78 is 0. The molecule has 2 aliphatic rings. The molecule has 0 bridgehead atoms. The monoisotopic (exact) mass is 288 g/mol.